The van der Waals surface area contributed by atoms with Crippen LogP contribution in [0.25, 0.3) is 0 Å². The molecule has 0 aliphatic carbocycles. The molecule has 0 aliphatic rings. The zero-order valence-corrected chi connectivity index (χ0v) is 11.5. The second-order valence-electron chi connectivity index (χ2n) is 4.42. The molecule has 1 aromatic rings. The van der Waals surface area contributed by atoms with Gasteiger partial charge in [-0.15, -0.1) is 11.6 Å². The topological polar surface area (TPSA) is 17.1 Å². The van der Waals surface area contributed by atoms with Gasteiger partial charge in [0.15, 0.2) is 0 Å². The van der Waals surface area contributed by atoms with Crippen LogP contribution < -0.4 is 0 Å². The van der Waals surface area contributed by atoms with Gasteiger partial charge in [-0.3, -0.25) is 4.21 Å². The lowest BCUT2D eigenvalue weighted by atomic mass is 10.2. The lowest BCUT2D eigenvalue weighted by Crippen LogP contribution is -2.03. The maximum atomic E-state index is 11.8. The van der Waals surface area contributed by atoms with Crippen molar-refractivity contribution in [3.63, 3.8) is 0 Å². The standard InChI is InChI=1S/C13H19ClOS/c1-11(2)7-8-16(15)10-13-5-3-12(9-14)4-6-13/h3-6,11H,7-10H2,1-2H3. The lowest BCUT2D eigenvalue weighted by Gasteiger charge is -2.05. The molecule has 1 atom stereocenters. The van der Waals surface area contributed by atoms with E-state index in [4.69, 9.17) is 11.6 Å². The van der Waals surface area contributed by atoms with Gasteiger partial charge in [-0.05, 0) is 23.5 Å². The minimum atomic E-state index is -0.733. The van der Waals surface area contributed by atoms with Crippen LogP contribution in [0.15, 0.2) is 24.3 Å². The van der Waals surface area contributed by atoms with Crippen molar-refractivity contribution in [2.75, 3.05) is 5.75 Å². The Hall–Kier alpha value is -0.340. The predicted octanol–water partition coefficient (Wildman–Crippen LogP) is 3.72. The Bertz CT molecular complexity index is 332. The highest BCUT2D eigenvalue weighted by molar-refractivity contribution is 7.84. The predicted molar refractivity (Wildman–Crippen MR) is 72.2 cm³/mol. The average Bonchev–Trinajstić information content (AvgIpc) is 2.27. The first-order valence-electron chi connectivity index (χ1n) is 5.60. The molecule has 0 amide bonds. The van der Waals surface area contributed by atoms with Crippen LogP contribution in [0.1, 0.15) is 31.4 Å². The number of hydrogen-bond donors (Lipinski definition) is 0. The fourth-order valence-electron chi connectivity index (χ4n) is 1.35. The van der Waals surface area contributed by atoms with Gasteiger partial charge in [-0.2, -0.15) is 0 Å². The maximum Gasteiger partial charge on any atom is 0.0485 e. The molecule has 3 heteroatoms. The van der Waals surface area contributed by atoms with Crippen molar-refractivity contribution in [3.8, 4) is 0 Å². The first-order valence-corrected chi connectivity index (χ1v) is 7.63. The molecule has 1 unspecified atom stereocenters. The summed E-state index contributed by atoms with van der Waals surface area (Å²) in [5.74, 6) is 2.63. The van der Waals surface area contributed by atoms with Gasteiger partial charge in [0.1, 0.15) is 0 Å². The molecule has 1 rings (SSSR count). The van der Waals surface area contributed by atoms with E-state index in [0.29, 0.717) is 17.6 Å². The molecular formula is C13H19ClOS. The summed E-state index contributed by atoms with van der Waals surface area (Å²) in [7, 11) is -0.733. The Labute approximate surface area is 106 Å². The molecule has 1 aromatic carbocycles. The number of hydrogen-bond acceptors (Lipinski definition) is 1. The highest BCUT2D eigenvalue weighted by atomic mass is 35.5. The molecule has 16 heavy (non-hydrogen) atoms. The zero-order valence-electron chi connectivity index (χ0n) is 9.91. The van der Waals surface area contributed by atoms with Gasteiger partial charge in [0, 0.05) is 28.2 Å². The smallest absolute Gasteiger partial charge is 0.0485 e. The van der Waals surface area contributed by atoms with Gasteiger partial charge in [0.25, 0.3) is 0 Å². The number of rotatable bonds is 6. The number of halogens is 1. The van der Waals surface area contributed by atoms with Crippen molar-refractivity contribution >= 4 is 22.4 Å². The van der Waals surface area contributed by atoms with Crippen LogP contribution in [0.5, 0.6) is 0 Å². The SMILES string of the molecule is CC(C)CCS(=O)Cc1ccc(CCl)cc1. The van der Waals surface area contributed by atoms with Crippen molar-refractivity contribution in [2.45, 2.75) is 31.9 Å². The summed E-state index contributed by atoms with van der Waals surface area (Å²) in [5.41, 5.74) is 2.24. The highest BCUT2D eigenvalue weighted by Crippen LogP contribution is 2.10. The third-order valence-corrected chi connectivity index (χ3v) is 4.08. The van der Waals surface area contributed by atoms with Crippen molar-refractivity contribution in [1.82, 2.24) is 0 Å². The molecule has 0 bridgehead atoms. The molecule has 0 fully saturated rings. The average molecular weight is 259 g/mol. The third kappa shape index (κ3) is 5.13. The Kier molecular flexibility index (Phi) is 6.07. The first-order chi connectivity index (χ1) is 7.61. The Balaban J connectivity index is 2.43. The molecule has 0 saturated carbocycles. The van der Waals surface area contributed by atoms with Crippen LogP contribution in [0.4, 0.5) is 0 Å². The summed E-state index contributed by atoms with van der Waals surface area (Å²) in [6.07, 6.45) is 1.03. The van der Waals surface area contributed by atoms with Gasteiger partial charge < -0.3 is 0 Å². The van der Waals surface area contributed by atoms with Crippen LogP contribution >= 0.6 is 11.6 Å². The van der Waals surface area contributed by atoms with Crippen molar-refractivity contribution in [1.29, 1.82) is 0 Å². The van der Waals surface area contributed by atoms with Gasteiger partial charge in [0.2, 0.25) is 0 Å². The molecule has 1 nitrogen and oxygen atoms in total. The van der Waals surface area contributed by atoms with Crippen molar-refractivity contribution in [3.05, 3.63) is 35.4 Å². The molecule has 0 heterocycles. The molecular weight excluding hydrogens is 240 g/mol. The van der Waals surface area contributed by atoms with Gasteiger partial charge in [-0.25, -0.2) is 0 Å². The van der Waals surface area contributed by atoms with E-state index in [1.807, 2.05) is 24.3 Å². The Morgan fingerprint density at radius 2 is 1.75 bits per heavy atom. The van der Waals surface area contributed by atoms with E-state index in [2.05, 4.69) is 13.8 Å². The Morgan fingerprint density at radius 3 is 2.25 bits per heavy atom. The summed E-state index contributed by atoms with van der Waals surface area (Å²) in [4.78, 5) is 0. The molecule has 0 aromatic heterocycles. The second kappa shape index (κ2) is 7.08. The van der Waals surface area contributed by atoms with Crippen LogP contribution in [-0.4, -0.2) is 9.96 Å². The van der Waals surface area contributed by atoms with E-state index >= 15 is 0 Å². The molecule has 0 N–H and O–H groups in total. The molecule has 90 valence electrons. The molecule has 0 spiro atoms. The van der Waals surface area contributed by atoms with E-state index in [0.717, 1.165) is 23.3 Å². The Morgan fingerprint density at radius 1 is 1.19 bits per heavy atom. The monoisotopic (exact) mass is 258 g/mol. The number of alkyl halides is 1. The molecule has 0 aliphatic heterocycles. The van der Waals surface area contributed by atoms with Gasteiger partial charge >= 0.3 is 0 Å². The van der Waals surface area contributed by atoms with Crippen molar-refractivity contribution in [2.24, 2.45) is 5.92 Å². The minimum Gasteiger partial charge on any atom is -0.259 e. The summed E-state index contributed by atoms with van der Waals surface area (Å²) in [6, 6.07) is 8.04. The van der Waals surface area contributed by atoms with Crippen molar-refractivity contribution < 1.29 is 4.21 Å². The van der Waals surface area contributed by atoms with E-state index in [1.165, 1.54) is 0 Å². The second-order valence-corrected chi connectivity index (χ2v) is 6.26. The van der Waals surface area contributed by atoms with E-state index in [1.54, 1.807) is 0 Å². The zero-order chi connectivity index (χ0) is 12.0. The molecule has 0 saturated heterocycles. The lowest BCUT2D eigenvalue weighted by molar-refractivity contribution is 0.619. The maximum absolute atomic E-state index is 11.8. The van der Waals surface area contributed by atoms with Gasteiger partial charge in [-0.1, -0.05) is 38.1 Å². The first kappa shape index (κ1) is 13.7. The van der Waals surface area contributed by atoms with E-state index < -0.39 is 10.8 Å². The largest absolute Gasteiger partial charge is 0.259 e. The van der Waals surface area contributed by atoms with Crippen LogP contribution in [0.3, 0.4) is 0 Å². The fraction of sp³-hybridized carbons (Fsp3) is 0.538. The quantitative estimate of drug-likeness (QED) is 0.711. The summed E-state index contributed by atoms with van der Waals surface area (Å²) < 4.78 is 11.8. The van der Waals surface area contributed by atoms with Gasteiger partial charge in [0.05, 0.1) is 0 Å². The highest BCUT2D eigenvalue weighted by Gasteiger charge is 2.03. The minimum absolute atomic E-state index is 0.538. The summed E-state index contributed by atoms with van der Waals surface area (Å²) >= 11 is 5.71. The van der Waals surface area contributed by atoms with Crippen LogP contribution in [0.2, 0.25) is 0 Å². The molecule has 0 radical (unpaired) electrons. The fourth-order valence-corrected chi connectivity index (χ4v) is 2.97. The number of benzene rings is 1. The summed E-state index contributed by atoms with van der Waals surface area (Å²) in [5, 5.41) is 0. The normalized spacial score (nSPS) is 13.0. The van der Waals surface area contributed by atoms with E-state index in [9.17, 15) is 4.21 Å². The van der Waals surface area contributed by atoms with E-state index in [-0.39, 0.29) is 0 Å². The van der Waals surface area contributed by atoms with Crippen LogP contribution in [-0.2, 0) is 22.4 Å². The van der Waals surface area contributed by atoms with Crippen LogP contribution in [0, 0.1) is 5.92 Å². The third-order valence-electron chi connectivity index (χ3n) is 2.43. The summed E-state index contributed by atoms with van der Waals surface area (Å²) in [6.45, 7) is 4.32.